The van der Waals surface area contributed by atoms with Gasteiger partial charge in [0, 0.05) is 19.7 Å². The second-order valence-electron chi connectivity index (χ2n) is 3.80. The first kappa shape index (κ1) is 14.7. The van der Waals surface area contributed by atoms with Crippen LogP contribution in [0.15, 0.2) is 0 Å². The molecule has 0 radical (unpaired) electrons. The number of hydrogen-bond donors (Lipinski definition) is 4. The van der Waals surface area contributed by atoms with Crippen molar-refractivity contribution in [1.29, 1.82) is 0 Å². The van der Waals surface area contributed by atoms with Gasteiger partial charge in [-0.2, -0.15) is 0 Å². The van der Waals surface area contributed by atoms with Gasteiger partial charge in [0.1, 0.15) is 10.7 Å². The number of nitrogens with two attached hydrogens (primary N) is 1. The van der Waals surface area contributed by atoms with Crippen molar-refractivity contribution in [2.45, 2.75) is 26.2 Å². The van der Waals surface area contributed by atoms with Gasteiger partial charge in [0.15, 0.2) is 5.13 Å². The van der Waals surface area contributed by atoms with Gasteiger partial charge in [-0.1, -0.05) is 11.3 Å². The molecule has 6 nitrogen and oxygen atoms in total. The number of nitrogens with one attached hydrogen (secondary N) is 2. The third-order valence-corrected chi connectivity index (χ3v) is 3.34. The Bertz CT molecular complexity index is 381. The molecule has 0 bridgehead atoms. The zero-order valence-corrected chi connectivity index (χ0v) is 11.3. The molecule has 7 heteroatoms. The highest BCUT2D eigenvalue weighted by Crippen LogP contribution is 2.24. The van der Waals surface area contributed by atoms with E-state index in [1.165, 1.54) is 11.3 Å². The Kier molecular flexibility index (Phi) is 6.45. The molecule has 5 N–H and O–H groups in total. The first-order valence-corrected chi connectivity index (χ1v) is 6.90. The highest BCUT2D eigenvalue weighted by molar-refractivity contribution is 7.18. The zero-order valence-electron chi connectivity index (χ0n) is 10.5. The van der Waals surface area contributed by atoms with Gasteiger partial charge in [-0.25, -0.2) is 4.98 Å². The summed E-state index contributed by atoms with van der Waals surface area (Å²) in [5, 5.41) is 15.1. The lowest BCUT2D eigenvalue weighted by Gasteiger charge is -2.03. The van der Waals surface area contributed by atoms with Gasteiger partial charge in [-0.15, -0.1) is 0 Å². The number of nitrogen functional groups attached to an aromatic ring is 1. The van der Waals surface area contributed by atoms with E-state index in [0.29, 0.717) is 16.6 Å². The Labute approximate surface area is 111 Å². The van der Waals surface area contributed by atoms with Gasteiger partial charge in [-0.05, 0) is 26.2 Å². The minimum absolute atomic E-state index is 0.182. The van der Waals surface area contributed by atoms with Crippen LogP contribution in [0.4, 0.5) is 10.9 Å². The molecule has 1 amide bonds. The monoisotopic (exact) mass is 272 g/mol. The maximum absolute atomic E-state index is 11.8. The third-order valence-electron chi connectivity index (χ3n) is 2.31. The second-order valence-corrected chi connectivity index (χ2v) is 4.80. The van der Waals surface area contributed by atoms with E-state index in [2.05, 4.69) is 15.6 Å². The standard InChI is InChI=1S/C11H20N4O2S/c1-2-13-11-15-9(12)8(18-11)10(17)14-6-4-3-5-7-16/h16H,2-7,12H2,1H3,(H,13,15)(H,14,17). The van der Waals surface area contributed by atoms with Crippen molar-refractivity contribution < 1.29 is 9.90 Å². The Morgan fingerprint density at radius 3 is 2.89 bits per heavy atom. The van der Waals surface area contributed by atoms with Gasteiger partial charge < -0.3 is 21.5 Å². The van der Waals surface area contributed by atoms with Crippen molar-refractivity contribution >= 4 is 28.2 Å². The molecule has 0 aromatic carbocycles. The van der Waals surface area contributed by atoms with Gasteiger partial charge in [0.2, 0.25) is 0 Å². The summed E-state index contributed by atoms with van der Waals surface area (Å²) in [4.78, 5) is 16.3. The predicted molar refractivity (Wildman–Crippen MR) is 74.0 cm³/mol. The summed E-state index contributed by atoms with van der Waals surface area (Å²) in [5.41, 5.74) is 5.69. The van der Waals surface area contributed by atoms with Crippen LogP contribution in [0.2, 0.25) is 0 Å². The molecule has 1 rings (SSSR count). The van der Waals surface area contributed by atoms with Crippen molar-refractivity contribution in [3.63, 3.8) is 0 Å². The molecule has 0 saturated carbocycles. The highest BCUT2D eigenvalue weighted by atomic mass is 32.1. The number of nitrogens with zero attached hydrogens (tertiary/aromatic N) is 1. The molecule has 0 saturated heterocycles. The van der Waals surface area contributed by atoms with Gasteiger partial charge in [-0.3, -0.25) is 4.79 Å². The summed E-state index contributed by atoms with van der Waals surface area (Å²) in [5.74, 6) is 0.0851. The Balaban J connectivity index is 2.41. The number of aliphatic hydroxyl groups excluding tert-OH is 1. The van der Waals surface area contributed by atoms with Crippen LogP contribution in [0.5, 0.6) is 0 Å². The number of anilines is 2. The number of aromatic nitrogens is 1. The van der Waals surface area contributed by atoms with E-state index in [4.69, 9.17) is 10.8 Å². The Morgan fingerprint density at radius 1 is 1.44 bits per heavy atom. The average molecular weight is 272 g/mol. The molecule has 1 heterocycles. The van der Waals surface area contributed by atoms with E-state index >= 15 is 0 Å². The molecule has 1 aromatic rings. The van der Waals surface area contributed by atoms with Gasteiger partial charge in [0.05, 0.1) is 0 Å². The Hall–Kier alpha value is -1.34. The van der Waals surface area contributed by atoms with Crippen LogP contribution >= 0.6 is 11.3 Å². The molecule has 0 atom stereocenters. The molecule has 0 fully saturated rings. The normalized spacial score (nSPS) is 10.3. The van der Waals surface area contributed by atoms with Crippen LogP contribution in [0.3, 0.4) is 0 Å². The fourth-order valence-corrected chi connectivity index (χ4v) is 2.29. The minimum atomic E-state index is -0.182. The van der Waals surface area contributed by atoms with Crippen molar-refractivity contribution in [3.8, 4) is 0 Å². The Morgan fingerprint density at radius 2 is 2.22 bits per heavy atom. The number of carbonyl (C=O) groups is 1. The molecule has 102 valence electrons. The fourth-order valence-electron chi connectivity index (χ4n) is 1.42. The number of amides is 1. The number of carbonyl (C=O) groups excluding carboxylic acids is 1. The average Bonchev–Trinajstić information content (AvgIpc) is 2.70. The van der Waals surface area contributed by atoms with E-state index < -0.39 is 0 Å². The number of thiazole rings is 1. The number of unbranched alkanes of at least 4 members (excludes halogenated alkanes) is 2. The largest absolute Gasteiger partial charge is 0.396 e. The minimum Gasteiger partial charge on any atom is -0.396 e. The molecule has 18 heavy (non-hydrogen) atoms. The summed E-state index contributed by atoms with van der Waals surface area (Å²) in [6, 6.07) is 0. The summed E-state index contributed by atoms with van der Waals surface area (Å²) in [7, 11) is 0. The second kappa shape index (κ2) is 7.88. The van der Waals surface area contributed by atoms with Crippen LogP contribution in [0, 0.1) is 0 Å². The van der Waals surface area contributed by atoms with Crippen molar-refractivity contribution in [3.05, 3.63) is 4.88 Å². The van der Waals surface area contributed by atoms with E-state index in [1.54, 1.807) is 0 Å². The SMILES string of the molecule is CCNc1nc(N)c(C(=O)NCCCCCO)s1. The molecule has 0 aliphatic rings. The molecule has 0 unspecified atom stereocenters. The topological polar surface area (TPSA) is 100 Å². The summed E-state index contributed by atoms with van der Waals surface area (Å²) in [6.45, 7) is 3.49. The molecule has 0 spiro atoms. The first-order chi connectivity index (χ1) is 8.69. The van der Waals surface area contributed by atoms with E-state index in [9.17, 15) is 4.79 Å². The first-order valence-electron chi connectivity index (χ1n) is 6.08. The lowest BCUT2D eigenvalue weighted by molar-refractivity contribution is 0.0957. The van der Waals surface area contributed by atoms with E-state index in [1.807, 2.05) is 6.92 Å². The maximum Gasteiger partial charge on any atom is 0.265 e. The van der Waals surface area contributed by atoms with Crippen LogP contribution in [0.1, 0.15) is 35.9 Å². The van der Waals surface area contributed by atoms with Gasteiger partial charge >= 0.3 is 0 Å². The predicted octanol–water partition coefficient (Wildman–Crippen LogP) is 1.05. The van der Waals surface area contributed by atoms with Crippen LogP contribution in [-0.2, 0) is 0 Å². The van der Waals surface area contributed by atoms with E-state index in [-0.39, 0.29) is 18.3 Å². The molecule has 0 aliphatic heterocycles. The third kappa shape index (κ3) is 4.50. The summed E-state index contributed by atoms with van der Waals surface area (Å²) in [6.07, 6.45) is 2.52. The quantitative estimate of drug-likeness (QED) is 0.530. The lowest BCUT2D eigenvalue weighted by Crippen LogP contribution is -2.24. The summed E-state index contributed by atoms with van der Waals surface area (Å²) < 4.78 is 0. The van der Waals surface area contributed by atoms with Gasteiger partial charge in [0.25, 0.3) is 5.91 Å². The smallest absolute Gasteiger partial charge is 0.265 e. The molecular weight excluding hydrogens is 252 g/mol. The number of aliphatic hydroxyl groups is 1. The molecule has 1 aromatic heterocycles. The van der Waals surface area contributed by atoms with E-state index in [0.717, 1.165) is 25.8 Å². The van der Waals surface area contributed by atoms with Crippen LogP contribution < -0.4 is 16.4 Å². The van der Waals surface area contributed by atoms with Crippen molar-refractivity contribution in [2.75, 3.05) is 30.7 Å². The highest BCUT2D eigenvalue weighted by Gasteiger charge is 2.15. The zero-order chi connectivity index (χ0) is 13.4. The van der Waals surface area contributed by atoms with Crippen LogP contribution in [0.25, 0.3) is 0 Å². The molecule has 0 aliphatic carbocycles. The van der Waals surface area contributed by atoms with Crippen LogP contribution in [-0.4, -0.2) is 35.7 Å². The molecular formula is C11H20N4O2S. The summed E-state index contributed by atoms with van der Waals surface area (Å²) >= 11 is 1.26. The lowest BCUT2D eigenvalue weighted by atomic mass is 10.2. The number of rotatable bonds is 8. The van der Waals surface area contributed by atoms with Crippen molar-refractivity contribution in [2.24, 2.45) is 0 Å². The maximum atomic E-state index is 11.8. The van der Waals surface area contributed by atoms with Crippen molar-refractivity contribution in [1.82, 2.24) is 10.3 Å². The fraction of sp³-hybridized carbons (Fsp3) is 0.636. The number of hydrogen-bond acceptors (Lipinski definition) is 6.